The molecule has 154 valence electrons. The van der Waals surface area contributed by atoms with Crippen molar-refractivity contribution in [1.29, 1.82) is 0 Å². The van der Waals surface area contributed by atoms with Gasteiger partial charge in [0.2, 0.25) is 5.91 Å². The molecule has 1 saturated heterocycles. The lowest BCUT2D eigenvalue weighted by Crippen LogP contribution is -2.52. The Kier molecular flexibility index (Phi) is 6.28. The number of rotatable bonds is 6. The molecule has 8 nitrogen and oxygen atoms in total. The summed E-state index contributed by atoms with van der Waals surface area (Å²) in [5.41, 5.74) is 1.24. The minimum Gasteiger partial charge on any atom is -0.494 e. The smallest absolute Gasteiger partial charge is 0.273 e. The molecule has 1 N–H and O–H groups in total. The van der Waals surface area contributed by atoms with Gasteiger partial charge in [0.05, 0.1) is 29.8 Å². The number of nitro groups is 1. The van der Waals surface area contributed by atoms with Crippen molar-refractivity contribution in [3.8, 4) is 5.75 Å². The molecule has 1 atom stereocenters. The maximum atomic E-state index is 13.1. The molecule has 0 unspecified atom stereocenters. The van der Waals surface area contributed by atoms with Crippen LogP contribution >= 0.6 is 0 Å². The molecular formula is C20H23FN4O4. The Morgan fingerprint density at radius 3 is 2.41 bits per heavy atom. The van der Waals surface area contributed by atoms with Crippen molar-refractivity contribution in [2.45, 2.75) is 13.0 Å². The van der Waals surface area contributed by atoms with E-state index in [2.05, 4.69) is 15.1 Å². The van der Waals surface area contributed by atoms with Gasteiger partial charge in [0, 0.05) is 37.9 Å². The van der Waals surface area contributed by atoms with Gasteiger partial charge in [0.15, 0.2) is 0 Å². The molecule has 1 amide bonds. The van der Waals surface area contributed by atoms with Crippen molar-refractivity contribution in [3.63, 3.8) is 0 Å². The molecule has 9 heteroatoms. The van der Waals surface area contributed by atoms with Gasteiger partial charge in [-0.15, -0.1) is 0 Å². The molecule has 0 aromatic heterocycles. The van der Waals surface area contributed by atoms with Gasteiger partial charge in [-0.25, -0.2) is 4.39 Å². The van der Waals surface area contributed by atoms with Gasteiger partial charge < -0.3 is 15.0 Å². The molecule has 2 aromatic carbocycles. The van der Waals surface area contributed by atoms with Gasteiger partial charge >= 0.3 is 0 Å². The van der Waals surface area contributed by atoms with Gasteiger partial charge in [-0.05, 0) is 37.3 Å². The average molecular weight is 402 g/mol. The van der Waals surface area contributed by atoms with Crippen LogP contribution in [-0.2, 0) is 4.79 Å². The fourth-order valence-corrected chi connectivity index (χ4v) is 3.32. The third-order valence-electron chi connectivity index (χ3n) is 5.09. The lowest BCUT2D eigenvalue weighted by Gasteiger charge is -2.38. The first-order valence-corrected chi connectivity index (χ1v) is 9.27. The van der Waals surface area contributed by atoms with Crippen molar-refractivity contribution in [2.75, 3.05) is 43.5 Å². The van der Waals surface area contributed by atoms with E-state index >= 15 is 0 Å². The molecule has 0 radical (unpaired) electrons. The largest absolute Gasteiger partial charge is 0.494 e. The van der Waals surface area contributed by atoms with Gasteiger partial charge in [-0.2, -0.15) is 0 Å². The molecule has 0 aliphatic carbocycles. The number of non-ortho nitro benzene ring substituents is 1. The maximum Gasteiger partial charge on any atom is 0.273 e. The first kappa shape index (κ1) is 20.5. The molecular weight excluding hydrogens is 379 g/mol. The van der Waals surface area contributed by atoms with Crippen LogP contribution < -0.4 is 15.0 Å². The zero-order valence-corrected chi connectivity index (χ0v) is 16.3. The van der Waals surface area contributed by atoms with Crippen LogP contribution in [0.4, 0.5) is 21.5 Å². The highest BCUT2D eigenvalue weighted by molar-refractivity contribution is 5.96. The number of piperazine rings is 1. The molecule has 2 aromatic rings. The van der Waals surface area contributed by atoms with Gasteiger partial charge in [0.25, 0.3) is 5.69 Å². The van der Waals surface area contributed by atoms with Gasteiger partial charge in [0.1, 0.15) is 11.6 Å². The average Bonchev–Trinajstić information content (AvgIpc) is 2.74. The summed E-state index contributed by atoms with van der Waals surface area (Å²) in [5.74, 6) is -0.243. The normalized spacial score (nSPS) is 15.6. The summed E-state index contributed by atoms with van der Waals surface area (Å²) in [7, 11) is 1.40. The Bertz CT molecular complexity index is 883. The molecule has 29 heavy (non-hydrogen) atoms. The van der Waals surface area contributed by atoms with E-state index in [9.17, 15) is 19.3 Å². The van der Waals surface area contributed by atoms with Crippen molar-refractivity contribution in [2.24, 2.45) is 0 Å². The number of nitrogens with zero attached hydrogens (tertiary/aromatic N) is 3. The van der Waals surface area contributed by atoms with Crippen LogP contribution in [0.15, 0.2) is 42.5 Å². The van der Waals surface area contributed by atoms with E-state index in [0.717, 1.165) is 18.8 Å². The van der Waals surface area contributed by atoms with Crippen LogP contribution in [0.25, 0.3) is 0 Å². The van der Waals surface area contributed by atoms with Gasteiger partial charge in [-0.1, -0.05) is 0 Å². The number of nitrogens with one attached hydrogen (secondary N) is 1. The van der Waals surface area contributed by atoms with E-state index in [-0.39, 0.29) is 29.2 Å². The number of methoxy groups -OCH3 is 1. The van der Waals surface area contributed by atoms with Crippen molar-refractivity contribution in [1.82, 2.24) is 4.90 Å². The summed E-state index contributed by atoms with van der Waals surface area (Å²) < 4.78 is 18.3. The van der Waals surface area contributed by atoms with Crippen LogP contribution in [0.2, 0.25) is 0 Å². The van der Waals surface area contributed by atoms with Crippen molar-refractivity contribution < 1.29 is 18.8 Å². The third kappa shape index (κ3) is 4.80. The number of amides is 1. The summed E-state index contributed by atoms with van der Waals surface area (Å²) >= 11 is 0. The lowest BCUT2D eigenvalue weighted by molar-refractivity contribution is -0.384. The van der Waals surface area contributed by atoms with E-state index < -0.39 is 4.92 Å². The van der Waals surface area contributed by atoms with E-state index in [1.165, 1.54) is 37.4 Å². The summed E-state index contributed by atoms with van der Waals surface area (Å²) in [6.45, 7) is 4.64. The van der Waals surface area contributed by atoms with Crippen LogP contribution in [0, 0.1) is 15.9 Å². The molecule has 0 bridgehead atoms. The molecule has 0 spiro atoms. The Morgan fingerprint density at radius 1 is 1.17 bits per heavy atom. The highest BCUT2D eigenvalue weighted by Gasteiger charge is 2.26. The highest BCUT2D eigenvalue weighted by atomic mass is 19.1. The Morgan fingerprint density at radius 2 is 1.83 bits per heavy atom. The summed E-state index contributed by atoms with van der Waals surface area (Å²) in [6, 6.07) is 10.1. The molecule has 1 fully saturated rings. The SMILES string of the molecule is COc1cc([N+](=O)[O-])ccc1NC(=O)[C@H](C)N1CCN(c2ccc(F)cc2)CC1. The molecule has 1 heterocycles. The number of ether oxygens (including phenoxy) is 1. The van der Waals surface area contributed by atoms with Crippen LogP contribution in [0.5, 0.6) is 5.75 Å². The zero-order chi connectivity index (χ0) is 21.0. The molecule has 0 saturated carbocycles. The zero-order valence-electron chi connectivity index (χ0n) is 16.3. The highest BCUT2D eigenvalue weighted by Crippen LogP contribution is 2.29. The lowest BCUT2D eigenvalue weighted by atomic mass is 10.2. The van der Waals surface area contributed by atoms with E-state index in [0.29, 0.717) is 18.8 Å². The minimum absolute atomic E-state index is 0.107. The second-order valence-electron chi connectivity index (χ2n) is 6.81. The summed E-state index contributed by atoms with van der Waals surface area (Å²) in [4.78, 5) is 27.3. The number of benzene rings is 2. The number of nitro benzene ring substituents is 1. The minimum atomic E-state index is -0.517. The topological polar surface area (TPSA) is 87.9 Å². The van der Waals surface area contributed by atoms with E-state index in [4.69, 9.17) is 4.74 Å². The second kappa shape index (κ2) is 8.87. The summed E-state index contributed by atoms with van der Waals surface area (Å²) in [5, 5.41) is 13.7. The maximum absolute atomic E-state index is 13.1. The number of carbonyl (C=O) groups excluding carboxylic acids is 1. The van der Waals surface area contributed by atoms with E-state index in [1.54, 1.807) is 12.1 Å². The number of hydrogen-bond donors (Lipinski definition) is 1. The molecule has 1 aliphatic heterocycles. The molecule has 1 aliphatic rings. The molecule has 3 rings (SSSR count). The number of hydrogen-bond acceptors (Lipinski definition) is 6. The van der Waals surface area contributed by atoms with Crippen LogP contribution in [0.1, 0.15) is 6.92 Å². The predicted molar refractivity (Wildman–Crippen MR) is 108 cm³/mol. The Labute approximate surface area is 168 Å². The number of anilines is 2. The quantitative estimate of drug-likeness (QED) is 0.591. The first-order valence-electron chi connectivity index (χ1n) is 9.27. The first-order chi connectivity index (χ1) is 13.9. The number of carbonyl (C=O) groups is 1. The Hall–Kier alpha value is -3.20. The standard InChI is InChI=1S/C20H23FN4O4/c1-14(20(26)22-18-8-7-17(25(27)28)13-19(18)29-2)23-9-11-24(12-10-23)16-5-3-15(21)4-6-16/h3-8,13-14H,9-12H2,1-2H3,(H,22,26)/t14-/m0/s1. The Balaban J connectivity index is 1.60. The number of halogens is 1. The fourth-order valence-electron chi connectivity index (χ4n) is 3.32. The predicted octanol–water partition coefficient (Wildman–Crippen LogP) is 2.89. The summed E-state index contributed by atoms with van der Waals surface area (Å²) in [6.07, 6.45) is 0. The monoisotopic (exact) mass is 402 g/mol. The second-order valence-corrected chi connectivity index (χ2v) is 6.81. The van der Waals surface area contributed by atoms with Crippen LogP contribution in [0.3, 0.4) is 0 Å². The third-order valence-corrected chi connectivity index (χ3v) is 5.09. The fraction of sp³-hybridized carbons (Fsp3) is 0.350. The van der Waals surface area contributed by atoms with Crippen molar-refractivity contribution >= 4 is 23.0 Å². The van der Waals surface area contributed by atoms with Crippen molar-refractivity contribution in [3.05, 3.63) is 58.4 Å². The van der Waals surface area contributed by atoms with Gasteiger partial charge in [-0.3, -0.25) is 19.8 Å². The van der Waals surface area contributed by atoms with Crippen LogP contribution in [-0.4, -0.2) is 55.1 Å². The van der Waals surface area contributed by atoms with E-state index in [1.807, 2.05) is 6.92 Å².